The first-order valence-corrected chi connectivity index (χ1v) is 6.56. The third-order valence-electron chi connectivity index (χ3n) is 2.97. The summed E-state index contributed by atoms with van der Waals surface area (Å²) in [6.07, 6.45) is -0.0309. The number of rotatable bonds is 4. The largest absolute Gasteiger partial charge is 0.473 e. The second-order valence-electron chi connectivity index (χ2n) is 4.92. The fourth-order valence-electron chi connectivity index (χ4n) is 2.03. The number of carbonyl (C=O) groups excluding carboxylic acids is 1. The molecule has 0 aromatic carbocycles. The van der Waals surface area contributed by atoms with Crippen LogP contribution in [0, 0.1) is 0 Å². The first-order chi connectivity index (χ1) is 9.49. The van der Waals surface area contributed by atoms with Gasteiger partial charge in [0.1, 0.15) is 11.9 Å². The highest BCUT2D eigenvalue weighted by Gasteiger charge is 2.29. The first kappa shape index (κ1) is 14.4. The molecule has 4 N–H and O–H groups in total. The van der Waals surface area contributed by atoms with Crippen molar-refractivity contribution in [3.05, 3.63) is 12.1 Å². The van der Waals surface area contributed by atoms with Crippen LogP contribution in [0.15, 0.2) is 12.1 Å². The summed E-state index contributed by atoms with van der Waals surface area (Å²) < 4.78 is 10.8. The maximum absolute atomic E-state index is 11.5. The molecule has 20 heavy (non-hydrogen) atoms. The Balaban J connectivity index is 2.28. The molecule has 1 aromatic rings. The van der Waals surface area contributed by atoms with Crippen molar-refractivity contribution in [1.29, 1.82) is 0 Å². The van der Waals surface area contributed by atoms with Gasteiger partial charge in [-0.2, -0.15) is 4.98 Å². The number of anilines is 2. The number of hydrogen-bond acceptors (Lipinski definition) is 6. The third kappa shape index (κ3) is 3.11. The van der Waals surface area contributed by atoms with Gasteiger partial charge in [-0.25, -0.2) is 0 Å². The third-order valence-corrected chi connectivity index (χ3v) is 2.97. The minimum atomic E-state index is -0.522. The van der Waals surface area contributed by atoms with Crippen LogP contribution in [0.1, 0.15) is 13.8 Å². The molecule has 1 aromatic heterocycles. The van der Waals surface area contributed by atoms with Crippen LogP contribution in [0.25, 0.3) is 0 Å². The predicted molar refractivity (Wildman–Crippen MR) is 75.6 cm³/mol. The lowest BCUT2D eigenvalue weighted by atomic mass is 10.2. The molecule has 1 unspecified atom stereocenters. The van der Waals surface area contributed by atoms with Gasteiger partial charge in [0.05, 0.1) is 25.0 Å². The van der Waals surface area contributed by atoms with E-state index in [-0.39, 0.29) is 12.7 Å². The monoisotopic (exact) mass is 280 g/mol. The Bertz CT molecular complexity index is 493. The minimum Gasteiger partial charge on any atom is -0.473 e. The van der Waals surface area contributed by atoms with E-state index in [2.05, 4.69) is 4.98 Å². The topological polar surface area (TPSA) is 104 Å². The highest BCUT2D eigenvalue weighted by molar-refractivity contribution is 5.83. The number of hydrogen-bond donors (Lipinski definition) is 2. The van der Waals surface area contributed by atoms with Crippen LogP contribution in [0.3, 0.4) is 0 Å². The fraction of sp³-hybridized carbons (Fsp3) is 0.538. The minimum absolute atomic E-state index is 0.0309. The molecule has 2 heterocycles. The number of primary amides is 1. The predicted octanol–water partition coefficient (Wildman–Crippen LogP) is 0.142. The van der Waals surface area contributed by atoms with Gasteiger partial charge in [-0.1, -0.05) is 0 Å². The fourth-order valence-corrected chi connectivity index (χ4v) is 2.03. The van der Waals surface area contributed by atoms with Crippen LogP contribution < -0.4 is 21.1 Å². The normalized spacial score (nSPS) is 19.1. The van der Waals surface area contributed by atoms with Gasteiger partial charge in [0.25, 0.3) is 0 Å². The summed E-state index contributed by atoms with van der Waals surface area (Å²) in [4.78, 5) is 17.7. The SMILES string of the molecule is CC(C)Oc1nc(N2CCOCC2C(N)=O)ccc1N. The number of nitrogens with two attached hydrogens (primary N) is 2. The van der Waals surface area contributed by atoms with Gasteiger partial charge < -0.3 is 25.8 Å². The molecule has 0 spiro atoms. The van der Waals surface area contributed by atoms with Gasteiger partial charge in [0.15, 0.2) is 0 Å². The Morgan fingerprint density at radius 1 is 1.55 bits per heavy atom. The van der Waals surface area contributed by atoms with E-state index in [4.69, 9.17) is 20.9 Å². The van der Waals surface area contributed by atoms with Gasteiger partial charge in [-0.3, -0.25) is 4.79 Å². The van der Waals surface area contributed by atoms with E-state index in [0.717, 1.165) is 0 Å². The number of ether oxygens (including phenoxy) is 2. The molecule has 1 aliphatic rings. The molecular formula is C13H20N4O3. The van der Waals surface area contributed by atoms with Crippen LogP contribution in [0.4, 0.5) is 11.5 Å². The maximum Gasteiger partial charge on any atom is 0.242 e. The lowest BCUT2D eigenvalue weighted by Crippen LogP contribution is -2.53. The molecule has 0 aliphatic carbocycles. The van der Waals surface area contributed by atoms with E-state index in [1.165, 1.54) is 0 Å². The van der Waals surface area contributed by atoms with E-state index in [1.54, 1.807) is 12.1 Å². The lowest BCUT2D eigenvalue weighted by molar-refractivity contribution is -0.121. The molecule has 2 rings (SSSR count). The number of aromatic nitrogens is 1. The summed E-state index contributed by atoms with van der Waals surface area (Å²) in [5.74, 6) is 0.545. The molecule has 110 valence electrons. The molecule has 1 atom stereocenters. The Hall–Kier alpha value is -2.02. The standard InChI is InChI=1S/C13H20N4O3/c1-8(2)20-13-9(14)3-4-11(16-13)17-5-6-19-7-10(17)12(15)18/h3-4,8,10H,5-7,14H2,1-2H3,(H2,15,18). The molecular weight excluding hydrogens is 260 g/mol. The van der Waals surface area contributed by atoms with E-state index >= 15 is 0 Å². The van der Waals surface area contributed by atoms with Crippen molar-refractivity contribution in [2.45, 2.75) is 26.0 Å². The van der Waals surface area contributed by atoms with E-state index < -0.39 is 11.9 Å². The molecule has 1 fully saturated rings. The zero-order valence-corrected chi connectivity index (χ0v) is 11.7. The van der Waals surface area contributed by atoms with Gasteiger partial charge >= 0.3 is 0 Å². The van der Waals surface area contributed by atoms with Crippen molar-refractivity contribution in [3.63, 3.8) is 0 Å². The van der Waals surface area contributed by atoms with Crippen LogP contribution >= 0.6 is 0 Å². The Morgan fingerprint density at radius 3 is 2.95 bits per heavy atom. The molecule has 7 heteroatoms. The van der Waals surface area contributed by atoms with Crippen LogP contribution in [-0.4, -0.2) is 42.8 Å². The van der Waals surface area contributed by atoms with Crippen LogP contribution in [0.2, 0.25) is 0 Å². The van der Waals surface area contributed by atoms with Crippen molar-refractivity contribution in [3.8, 4) is 5.88 Å². The molecule has 1 aliphatic heterocycles. The summed E-state index contributed by atoms with van der Waals surface area (Å²) in [7, 11) is 0. The summed E-state index contributed by atoms with van der Waals surface area (Å²) in [6.45, 7) is 5.13. The lowest BCUT2D eigenvalue weighted by Gasteiger charge is -2.34. The van der Waals surface area contributed by atoms with Crippen molar-refractivity contribution in [1.82, 2.24) is 4.98 Å². The van der Waals surface area contributed by atoms with Crippen molar-refractivity contribution >= 4 is 17.4 Å². The van der Waals surface area contributed by atoms with E-state index in [1.807, 2.05) is 18.7 Å². The summed E-state index contributed by atoms with van der Waals surface area (Å²) in [5.41, 5.74) is 11.7. The molecule has 0 bridgehead atoms. The second-order valence-corrected chi connectivity index (χ2v) is 4.92. The van der Waals surface area contributed by atoms with Crippen molar-refractivity contribution in [2.75, 3.05) is 30.4 Å². The number of amides is 1. The zero-order valence-electron chi connectivity index (χ0n) is 11.7. The average molecular weight is 280 g/mol. The Morgan fingerprint density at radius 2 is 2.30 bits per heavy atom. The molecule has 1 saturated heterocycles. The quantitative estimate of drug-likeness (QED) is 0.813. The number of pyridine rings is 1. The van der Waals surface area contributed by atoms with E-state index in [0.29, 0.717) is 30.5 Å². The van der Waals surface area contributed by atoms with Crippen molar-refractivity contribution in [2.24, 2.45) is 5.73 Å². The average Bonchev–Trinajstić information content (AvgIpc) is 2.40. The molecule has 7 nitrogen and oxygen atoms in total. The Kier molecular flexibility index (Phi) is 4.29. The van der Waals surface area contributed by atoms with Gasteiger partial charge in [-0.05, 0) is 26.0 Å². The highest BCUT2D eigenvalue weighted by atomic mass is 16.5. The van der Waals surface area contributed by atoms with Gasteiger partial charge in [0, 0.05) is 6.54 Å². The molecule has 0 saturated carbocycles. The number of nitrogens with zero attached hydrogens (tertiary/aromatic N) is 2. The van der Waals surface area contributed by atoms with E-state index in [9.17, 15) is 4.79 Å². The van der Waals surface area contributed by atoms with Gasteiger partial charge in [0.2, 0.25) is 11.8 Å². The number of morpholine rings is 1. The smallest absolute Gasteiger partial charge is 0.242 e. The van der Waals surface area contributed by atoms with Crippen LogP contribution in [-0.2, 0) is 9.53 Å². The number of nitrogen functional groups attached to an aromatic ring is 1. The van der Waals surface area contributed by atoms with Crippen molar-refractivity contribution < 1.29 is 14.3 Å². The first-order valence-electron chi connectivity index (χ1n) is 6.56. The molecule has 0 radical (unpaired) electrons. The van der Waals surface area contributed by atoms with Gasteiger partial charge in [-0.15, -0.1) is 0 Å². The summed E-state index contributed by atoms with van der Waals surface area (Å²) in [5, 5.41) is 0. The summed E-state index contributed by atoms with van der Waals surface area (Å²) in [6, 6.07) is 2.95. The zero-order chi connectivity index (χ0) is 14.7. The Labute approximate surface area is 117 Å². The van der Waals surface area contributed by atoms with Crippen LogP contribution in [0.5, 0.6) is 5.88 Å². The summed E-state index contributed by atoms with van der Waals surface area (Å²) >= 11 is 0. The maximum atomic E-state index is 11.5. The molecule has 1 amide bonds. The highest BCUT2D eigenvalue weighted by Crippen LogP contribution is 2.26. The second kappa shape index (κ2) is 5.96. The number of carbonyl (C=O) groups is 1.